The summed E-state index contributed by atoms with van der Waals surface area (Å²) in [5.74, 6) is 1.53. The Morgan fingerprint density at radius 1 is 1.30 bits per heavy atom. The minimum Gasteiger partial charge on any atom is -0.339 e. The highest BCUT2D eigenvalue weighted by atomic mass is 79.9. The van der Waals surface area contributed by atoms with Gasteiger partial charge in [0.05, 0.1) is 0 Å². The first kappa shape index (κ1) is 13.8. The number of piperidine rings is 1. The molecule has 1 fully saturated rings. The third-order valence-corrected chi connectivity index (χ3v) is 4.77. The molecule has 0 spiro atoms. The van der Waals surface area contributed by atoms with Gasteiger partial charge >= 0.3 is 0 Å². The SMILES string of the molecule is CC1(c2nc(Cc3ccccc3Br)no2)CCNCC1. The summed E-state index contributed by atoms with van der Waals surface area (Å²) in [6.45, 7) is 4.24. The predicted octanol–water partition coefficient (Wildman–Crippen LogP) is 3.06. The van der Waals surface area contributed by atoms with Crippen LogP contribution >= 0.6 is 15.9 Å². The number of hydrogen-bond acceptors (Lipinski definition) is 4. The molecule has 1 N–H and O–H groups in total. The highest BCUT2D eigenvalue weighted by Gasteiger charge is 2.34. The number of nitrogens with zero attached hydrogens (tertiary/aromatic N) is 2. The second kappa shape index (κ2) is 5.66. The summed E-state index contributed by atoms with van der Waals surface area (Å²) in [5, 5.41) is 7.51. The van der Waals surface area contributed by atoms with E-state index in [0.717, 1.165) is 42.1 Å². The molecular weight excluding hydrogens is 318 g/mol. The quantitative estimate of drug-likeness (QED) is 0.936. The van der Waals surface area contributed by atoms with Crippen molar-refractivity contribution in [3.63, 3.8) is 0 Å². The van der Waals surface area contributed by atoms with Gasteiger partial charge in [-0.3, -0.25) is 0 Å². The van der Waals surface area contributed by atoms with Crippen LogP contribution in [-0.4, -0.2) is 23.2 Å². The molecule has 0 aliphatic carbocycles. The number of aromatic nitrogens is 2. The summed E-state index contributed by atoms with van der Waals surface area (Å²) in [6, 6.07) is 8.14. The van der Waals surface area contributed by atoms with Gasteiger partial charge in [-0.2, -0.15) is 4.98 Å². The normalized spacial score (nSPS) is 18.1. The van der Waals surface area contributed by atoms with Crippen molar-refractivity contribution in [2.75, 3.05) is 13.1 Å². The Balaban J connectivity index is 1.78. The van der Waals surface area contributed by atoms with Crippen molar-refractivity contribution < 1.29 is 4.52 Å². The minimum absolute atomic E-state index is 0.0183. The fraction of sp³-hybridized carbons (Fsp3) is 0.467. The molecule has 20 heavy (non-hydrogen) atoms. The summed E-state index contributed by atoms with van der Waals surface area (Å²) in [6.07, 6.45) is 2.78. The second-order valence-corrected chi connectivity index (χ2v) is 6.45. The number of hydrogen-bond donors (Lipinski definition) is 1. The van der Waals surface area contributed by atoms with Gasteiger partial charge in [0.1, 0.15) is 0 Å². The fourth-order valence-electron chi connectivity index (χ4n) is 2.58. The van der Waals surface area contributed by atoms with E-state index in [1.807, 2.05) is 18.2 Å². The summed E-state index contributed by atoms with van der Waals surface area (Å²) >= 11 is 3.55. The van der Waals surface area contributed by atoms with Crippen LogP contribution in [0, 0.1) is 0 Å². The molecule has 1 aromatic heterocycles. The number of halogens is 1. The van der Waals surface area contributed by atoms with Gasteiger partial charge in [0, 0.05) is 16.3 Å². The van der Waals surface area contributed by atoms with Gasteiger partial charge in [0.25, 0.3) is 0 Å². The molecule has 1 aromatic carbocycles. The van der Waals surface area contributed by atoms with Crippen LogP contribution in [0.1, 0.15) is 37.0 Å². The molecule has 2 heterocycles. The van der Waals surface area contributed by atoms with Gasteiger partial charge in [0.2, 0.25) is 5.89 Å². The van der Waals surface area contributed by atoms with Crippen LogP contribution in [0.25, 0.3) is 0 Å². The zero-order chi connectivity index (χ0) is 14.0. The lowest BCUT2D eigenvalue weighted by molar-refractivity contribution is 0.240. The van der Waals surface area contributed by atoms with Crippen molar-refractivity contribution in [2.45, 2.75) is 31.6 Å². The van der Waals surface area contributed by atoms with Crippen LogP contribution in [0.4, 0.5) is 0 Å². The average Bonchev–Trinajstić information content (AvgIpc) is 2.92. The lowest BCUT2D eigenvalue weighted by Gasteiger charge is -2.30. The fourth-order valence-corrected chi connectivity index (χ4v) is 3.00. The number of nitrogens with one attached hydrogen (secondary N) is 1. The molecular formula is C15H18BrN3O. The van der Waals surface area contributed by atoms with Crippen molar-refractivity contribution in [3.05, 3.63) is 46.0 Å². The molecule has 1 saturated heterocycles. The lowest BCUT2D eigenvalue weighted by Crippen LogP contribution is -2.37. The Morgan fingerprint density at radius 3 is 2.80 bits per heavy atom. The number of benzene rings is 1. The van der Waals surface area contributed by atoms with Crippen LogP contribution in [0.3, 0.4) is 0 Å². The van der Waals surface area contributed by atoms with Gasteiger partial charge in [-0.15, -0.1) is 0 Å². The van der Waals surface area contributed by atoms with E-state index >= 15 is 0 Å². The highest BCUT2D eigenvalue weighted by Crippen LogP contribution is 2.31. The van der Waals surface area contributed by atoms with E-state index in [9.17, 15) is 0 Å². The van der Waals surface area contributed by atoms with Crippen LogP contribution in [0.15, 0.2) is 33.3 Å². The molecule has 1 aliphatic rings. The second-order valence-electron chi connectivity index (χ2n) is 5.59. The topological polar surface area (TPSA) is 51.0 Å². The Labute approximate surface area is 127 Å². The summed E-state index contributed by atoms with van der Waals surface area (Å²) in [5.41, 5.74) is 1.19. The van der Waals surface area contributed by atoms with Crippen molar-refractivity contribution in [1.29, 1.82) is 0 Å². The van der Waals surface area contributed by atoms with Gasteiger partial charge in [-0.25, -0.2) is 0 Å². The van der Waals surface area contributed by atoms with Gasteiger partial charge in [-0.1, -0.05) is 46.2 Å². The van der Waals surface area contributed by atoms with E-state index in [-0.39, 0.29) is 5.41 Å². The standard InChI is InChI=1S/C15H18BrN3O/c1-15(6-8-17-9-7-15)14-18-13(19-20-14)10-11-4-2-3-5-12(11)16/h2-5,17H,6-10H2,1H3. The molecule has 3 rings (SSSR count). The zero-order valence-corrected chi connectivity index (χ0v) is 13.1. The van der Waals surface area contributed by atoms with Gasteiger partial charge in [-0.05, 0) is 37.6 Å². The Morgan fingerprint density at radius 2 is 2.05 bits per heavy atom. The lowest BCUT2D eigenvalue weighted by atomic mass is 9.81. The summed E-state index contributed by atoms with van der Waals surface area (Å²) < 4.78 is 6.60. The molecule has 5 heteroatoms. The smallest absolute Gasteiger partial charge is 0.232 e. The van der Waals surface area contributed by atoms with Crippen LogP contribution in [-0.2, 0) is 11.8 Å². The highest BCUT2D eigenvalue weighted by molar-refractivity contribution is 9.10. The van der Waals surface area contributed by atoms with Crippen LogP contribution < -0.4 is 5.32 Å². The van der Waals surface area contributed by atoms with Gasteiger partial charge < -0.3 is 9.84 Å². The Kier molecular flexibility index (Phi) is 3.89. The van der Waals surface area contributed by atoms with E-state index in [4.69, 9.17) is 4.52 Å². The summed E-state index contributed by atoms with van der Waals surface area (Å²) in [4.78, 5) is 4.62. The monoisotopic (exact) mass is 335 g/mol. The van der Waals surface area contributed by atoms with Crippen molar-refractivity contribution >= 4 is 15.9 Å². The molecule has 0 unspecified atom stereocenters. The van der Waals surface area contributed by atoms with Crippen LogP contribution in [0.5, 0.6) is 0 Å². The van der Waals surface area contributed by atoms with E-state index in [1.54, 1.807) is 0 Å². The van der Waals surface area contributed by atoms with Crippen LogP contribution in [0.2, 0.25) is 0 Å². The Bertz CT molecular complexity index is 590. The molecule has 0 atom stereocenters. The first-order valence-corrected chi connectivity index (χ1v) is 7.74. The molecule has 106 valence electrons. The molecule has 1 aliphatic heterocycles. The maximum atomic E-state index is 5.52. The van der Waals surface area contributed by atoms with Crippen molar-refractivity contribution in [3.8, 4) is 0 Å². The number of rotatable bonds is 3. The molecule has 4 nitrogen and oxygen atoms in total. The maximum absolute atomic E-state index is 5.52. The minimum atomic E-state index is 0.0183. The van der Waals surface area contributed by atoms with E-state index in [2.05, 4.69) is 44.4 Å². The first-order valence-electron chi connectivity index (χ1n) is 6.95. The third-order valence-electron chi connectivity index (χ3n) is 4.00. The molecule has 0 radical (unpaired) electrons. The Hall–Kier alpha value is -1.20. The third kappa shape index (κ3) is 2.79. The van der Waals surface area contributed by atoms with E-state index < -0.39 is 0 Å². The molecule has 0 bridgehead atoms. The van der Waals surface area contributed by atoms with Gasteiger partial charge in [0.15, 0.2) is 5.82 Å². The molecule has 0 amide bonds. The van der Waals surface area contributed by atoms with E-state index in [1.165, 1.54) is 5.56 Å². The predicted molar refractivity (Wildman–Crippen MR) is 80.7 cm³/mol. The average molecular weight is 336 g/mol. The van der Waals surface area contributed by atoms with Crippen molar-refractivity contribution in [2.24, 2.45) is 0 Å². The largest absolute Gasteiger partial charge is 0.339 e. The maximum Gasteiger partial charge on any atom is 0.232 e. The molecule has 0 saturated carbocycles. The van der Waals surface area contributed by atoms with E-state index in [0.29, 0.717) is 6.42 Å². The summed E-state index contributed by atoms with van der Waals surface area (Å²) in [7, 11) is 0. The zero-order valence-electron chi connectivity index (χ0n) is 11.5. The molecule has 2 aromatic rings. The van der Waals surface area contributed by atoms with Crippen molar-refractivity contribution in [1.82, 2.24) is 15.5 Å². The first-order chi connectivity index (χ1) is 9.67.